The lowest BCUT2D eigenvalue weighted by Gasteiger charge is -2.26. The Morgan fingerprint density at radius 2 is 1.44 bits per heavy atom. The van der Waals surface area contributed by atoms with Crippen LogP contribution in [0.4, 0.5) is 10.5 Å². The molecule has 2 rings (SSSR count). The largest absolute Gasteiger partial charge is 0.444 e. The number of carbonyl (C=O) groups excluding carboxylic acids is 3. The second-order valence-electron chi connectivity index (χ2n) is 7.05. The van der Waals surface area contributed by atoms with Crippen molar-refractivity contribution >= 4 is 23.6 Å². The highest BCUT2D eigenvalue weighted by Gasteiger charge is 2.30. The van der Waals surface area contributed by atoms with E-state index in [2.05, 4.69) is 5.32 Å². The summed E-state index contributed by atoms with van der Waals surface area (Å²) in [6, 6.07) is 16.2. The molecule has 0 saturated heterocycles. The predicted molar refractivity (Wildman–Crippen MR) is 104 cm³/mol. The van der Waals surface area contributed by atoms with Gasteiger partial charge in [0.05, 0.1) is 5.69 Å². The Bertz CT molecular complexity index is 798. The van der Waals surface area contributed by atoms with Crippen molar-refractivity contribution in [2.75, 3.05) is 4.90 Å². The van der Waals surface area contributed by atoms with Crippen molar-refractivity contribution in [2.24, 2.45) is 0 Å². The molecule has 0 aliphatic carbocycles. The van der Waals surface area contributed by atoms with Crippen molar-refractivity contribution < 1.29 is 19.1 Å². The zero-order valence-electron chi connectivity index (χ0n) is 15.9. The SMILES string of the molecule is CC(NC(=O)OC(C)(C)C)C(=O)N(C(=O)c1ccccc1)c1ccccc1. The van der Waals surface area contributed by atoms with Gasteiger partial charge in [-0.2, -0.15) is 0 Å². The van der Waals surface area contributed by atoms with E-state index < -0.39 is 29.6 Å². The molecule has 0 fully saturated rings. The van der Waals surface area contributed by atoms with E-state index >= 15 is 0 Å². The van der Waals surface area contributed by atoms with Crippen molar-refractivity contribution in [1.29, 1.82) is 0 Å². The number of ether oxygens (including phenoxy) is 1. The highest BCUT2D eigenvalue weighted by atomic mass is 16.6. The van der Waals surface area contributed by atoms with Crippen LogP contribution < -0.4 is 10.2 Å². The second-order valence-corrected chi connectivity index (χ2v) is 7.05. The summed E-state index contributed by atoms with van der Waals surface area (Å²) >= 11 is 0. The summed E-state index contributed by atoms with van der Waals surface area (Å²) in [5.74, 6) is -1.02. The number of rotatable bonds is 4. The third-order valence-electron chi connectivity index (χ3n) is 3.56. The van der Waals surface area contributed by atoms with Gasteiger partial charge >= 0.3 is 6.09 Å². The highest BCUT2D eigenvalue weighted by molar-refractivity contribution is 6.22. The first-order chi connectivity index (χ1) is 12.7. The normalized spacial score (nSPS) is 12.0. The average molecular weight is 368 g/mol. The molecular formula is C21H24N2O4. The quantitative estimate of drug-likeness (QED) is 0.891. The number of carbonyl (C=O) groups is 3. The number of hydrogen-bond acceptors (Lipinski definition) is 4. The van der Waals surface area contributed by atoms with E-state index in [-0.39, 0.29) is 0 Å². The first kappa shape index (κ1) is 20.2. The summed E-state index contributed by atoms with van der Waals surface area (Å²) in [4.78, 5) is 39.0. The van der Waals surface area contributed by atoms with Crippen LogP contribution >= 0.6 is 0 Å². The zero-order valence-corrected chi connectivity index (χ0v) is 15.9. The molecule has 2 aromatic rings. The minimum Gasteiger partial charge on any atom is -0.444 e. The number of nitrogens with one attached hydrogen (secondary N) is 1. The Kier molecular flexibility index (Phi) is 6.34. The third-order valence-corrected chi connectivity index (χ3v) is 3.56. The Morgan fingerprint density at radius 3 is 1.96 bits per heavy atom. The van der Waals surface area contributed by atoms with Gasteiger partial charge in [-0.3, -0.25) is 9.59 Å². The molecule has 0 bridgehead atoms. The first-order valence-electron chi connectivity index (χ1n) is 8.67. The smallest absolute Gasteiger partial charge is 0.408 e. The van der Waals surface area contributed by atoms with E-state index in [0.29, 0.717) is 11.3 Å². The van der Waals surface area contributed by atoms with Gasteiger partial charge in [-0.25, -0.2) is 9.69 Å². The Labute approximate surface area is 159 Å². The van der Waals surface area contributed by atoms with Gasteiger partial charge in [0.1, 0.15) is 11.6 Å². The van der Waals surface area contributed by atoms with E-state index in [1.807, 2.05) is 0 Å². The van der Waals surface area contributed by atoms with Gasteiger partial charge in [0.25, 0.3) is 11.8 Å². The first-order valence-corrected chi connectivity index (χ1v) is 8.67. The monoisotopic (exact) mass is 368 g/mol. The molecule has 6 heteroatoms. The maximum absolute atomic E-state index is 13.0. The highest BCUT2D eigenvalue weighted by Crippen LogP contribution is 2.18. The van der Waals surface area contributed by atoms with Crippen LogP contribution in [0.3, 0.4) is 0 Å². The van der Waals surface area contributed by atoms with Crippen molar-refractivity contribution in [3.05, 3.63) is 66.2 Å². The Hall–Kier alpha value is -3.15. The van der Waals surface area contributed by atoms with Crippen LogP contribution in [0, 0.1) is 0 Å². The summed E-state index contributed by atoms with van der Waals surface area (Å²) in [6.07, 6.45) is -0.719. The number of nitrogens with zero attached hydrogens (tertiary/aromatic N) is 1. The number of para-hydroxylation sites is 1. The molecule has 0 aliphatic heterocycles. The maximum Gasteiger partial charge on any atom is 0.408 e. The summed E-state index contributed by atoms with van der Waals surface area (Å²) < 4.78 is 5.18. The maximum atomic E-state index is 13.0. The van der Waals surface area contributed by atoms with Crippen molar-refractivity contribution in [3.63, 3.8) is 0 Å². The lowest BCUT2D eigenvalue weighted by atomic mass is 10.1. The fraction of sp³-hybridized carbons (Fsp3) is 0.286. The minimum absolute atomic E-state index is 0.374. The zero-order chi connectivity index (χ0) is 20.0. The number of hydrogen-bond donors (Lipinski definition) is 1. The predicted octanol–water partition coefficient (Wildman–Crippen LogP) is 3.77. The van der Waals surface area contributed by atoms with E-state index in [4.69, 9.17) is 4.74 Å². The van der Waals surface area contributed by atoms with Crippen LogP contribution in [0.2, 0.25) is 0 Å². The molecule has 2 aromatic carbocycles. The van der Waals surface area contributed by atoms with E-state index in [1.165, 1.54) is 6.92 Å². The van der Waals surface area contributed by atoms with Crippen molar-refractivity contribution in [1.82, 2.24) is 5.32 Å². The van der Waals surface area contributed by atoms with Gasteiger partial charge in [0, 0.05) is 5.56 Å². The van der Waals surface area contributed by atoms with Gasteiger partial charge in [-0.05, 0) is 52.0 Å². The summed E-state index contributed by atoms with van der Waals surface area (Å²) in [5, 5.41) is 2.49. The Balaban J connectivity index is 2.27. The molecule has 0 spiro atoms. The minimum atomic E-state index is -0.951. The average Bonchev–Trinajstić information content (AvgIpc) is 2.61. The molecule has 142 valence electrons. The van der Waals surface area contributed by atoms with Crippen molar-refractivity contribution in [3.8, 4) is 0 Å². The lowest BCUT2D eigenvalue weighted by Crippen LogP contribution is -2.50. The van der Waals surface area contributed by atoms with E-state index in [9.17, 15) is 14.4 Å². The molecule has 27 heavy (non-hydrogen) atoms. The van der Waals surface area contributed by atoms with Crippen LogP contribution in [-0.4, -0.2) is 29.6 Å². The molecular weight excluding hydrogens is 344 g/mol. The van der Waals surface area contributed by atoms with Gasteiger partial charge in [-0.15, -0.1) is 0 Å². The summed E-state index contributed by atoms with van der Waals surface area (Å²) in [6.45, 7) is 6.71. The van der Waals surface area contributed by atoms with E-state index in [1.54, 1.807) is 81.4 Å². The van der Waals surface area contributed by atoms with Crippen molar-refractivity contribution in [2.45, 2.75) is 39.3 Å². The molecule has 6 nitrogen and oxygen atoms in total. The summed E-state index contributed by atoms with van der Waals surface area (Å²) in [7, 11) is 0. The van der Waals surface area contributed by atoms with Crippen LogP contribution in [0.15, 0.2) is 60.7 Å². The molecule has 1 atom stereocenters. The molecule has 0 radical (unpaired) electrons. The van der Waals surface area contributed by atoms with Gasteiger partial charge < -0.3 is 10.1 Å². The molecule has 0 saturated carbocycles. The topological polar surface area (TPSA) is 75.7 Å². The Morgan fingerprint density at radius 1 is 0.926 bits per heavy atom. The number of amides is 3. The van der Waals surface area contributed by atoms with Crippen LogP contribution in [-0.2, 0) is 9.53 Å². The fourth-order valence-corrected chi connectivity index (χ4v) is 2.37. The molecule has 0 aromatic heterocycles. The number of benzene rings is 2. The van der Waals surface area contributed by atoms with Crippen LogP contribution in [0.25, 0.3) is 0 Å². The summed E-state index contributed by atoms with van der Waals surface area (Å²) in [5.41, 5.74) is 0.111. The fourth-order valence-electron chi connectivity index (χ4n) is 2.37. The van der Waals surface area contributed by atoms with E-state index in [0.717, 1.165) is 4.90 Å². The van der Waals surface area contributed by atoms with Gasteiger partial charge in [-0.1, -0.05) is 36.4 Å². The molecule has 0 heterocycles. The molecule has 3 amide bonds. The number of alkyl carbamates (subject to hydrolysis) is 1. The third kappa shape index (κ3) is 5.67. The van der Waals surface area contributed by atoms with Crippen LogP contribution in [0.5, 0.6) is 0 Å². The number of imide groups is 1. The van der Waals surface area contributed by atoms with Crippen LogP contribution in [0.1, 0.15) is 38.1 Å². The van der Waals surface area contributed by atoms with Gasteiger partial charge in [0.2, 0.25) is 0 Å². The van der Waals surface area contributed by atoms with Gasteiger partial charge in [0.15, 0.2) is 0 Å². The lowest BCUT2D eigenvalue weighted by molar-refractivity contribution is -0.119. The standard InChI is InChI=1S/C21H24N2O4/c1-15(22-20(26)27-21(2,3)4)18(24)23(17-13-9-6-10-14-17)19(25)16-11-7-5-8-12-16/h5-15H,1-4H3,(H,22,26). The number of anilines is 1. The molecule has 1 unspecified atom stereocenters. The second kappa shape index (κ2) is 8.49. The molecule has 1 N–H and O–H groups in total. The molecule has 0 aliphatic rings.